The van der Waals surface area contributed by atoms with Gasteiger partial charge in [0.25, 0.3) is 0 Å². The van der Waals surface area contributed by atoms with Crippen LogP contribution in [0.3, 0.4) is 0 Å². The zero-order valence-electron chi connectivity index (χ0n) is 17.6. The van der Waals surface area contributed by atoms with Crippen LogP contribution in [-0.2, 0) is 16.6 Å². The van der Waals surface area contributed by atoms with Crippen LogP contribution in [-0.4, -0.2) is 75.1 Å². The Morgan fingerprint density at radius 2 is 2.04 bits per heavy atom. The normalized spacial score (nSPS) is 21.2. The van der Waals surface area contributed by atoms with Crippen LogP contribution in [0.5, 0.6) is 0 Å². The summed E-state index contributed by atoms with van der Waals surface area (Å²) in [6, 6.07) is 11.4. The standard InChI is InChI=1S/C20H35N5O2S/c1-5-28(26,27)24(4)13-9-12-22-20(21-3)23-19-14-17(2)25(16-19)15-18-10-7-6-8-11-18/h6-8,10-11,17,19H,5,9,12-16H2,1-4H3,(H2,21,22,23). The molecule has 1 aromatic rings. The zero-order valence-corrected chi connectivity index (χ0v) is 18.4. The second-order valence-corrected chi connectivity index (χ2v) is 9.78. The molecule has 1 saturated heterocycles. The minimum atomic E-state index is -3.11. The second-order valence-electron chi connectivity index (χ2n) is 7.42. The van der Waals surface area contributed by atoms with E-state index in [0.717, 1.165) is 31.9 Å². The molecule has 158 valence electrons. The van der Waals surface area contributed by atoms with E-state index in [-0.39, 0.29) is 5.75 Å². The molecule has 0 aromatic heterocycles. The van der Waals surface area contributed by atoms with Crippen molar-refractivity contribution in [2.75, 3.05) is 39.5 Å². The first-order valence-electron chi connectivity index (χ1n) is 10.0. The number of nitrogens with one attached hydrogen (secondary N) is 2. The molecule has 2 N–H and O–H groups in total. The molecule has 8 heteroatoms. The van der Waals surface area contributed by atoms with Crippen molar-refractivity contribution < 1.29 is 8.42 Å². The third-order valence-electron chi connectivity index (χ3n) is 5.28. The monoisotopic (exact) mass is 409 g/mol. The third-order valence-corrected chi connectivity index (χ3v) is 7.14. The van der Waals surface area contributed by atoms with Gasteiger partial charge in [0, 0.05) is 52.4 Å². The van der Waals surface area contributed by atoms with Gasteiger partial charge < -0.3 is 10.6 Å². The maximum Gasteiger partial charge on any atom is 0.213 e. The molecule has 7 nitrogen and oxygen atoms in total. The van der Waals surface area contributed by atoms with E-state index in [9.17, 15) is 8.42 Å². The van der Waals surface area contributed by atoms with Gasteiger partial charge in [-0.1, -0.05) is 30.3 Å². The maximum absolute atomic E-state index is 11.8. The molecule has 0 spiro atoms. The van der Waals surface area contributed by atoms with Crippen LogP contribution in [0, 0.1) is 0 Å². The minimum Gasteiger partial charge on any atom is -0.356 e. The smallest absolute Gasteiger partial charge is 0.213 e. The highest BCUT2D eigenvalue weighted by Gasteiger charge is 2.29. The summed E-state index contributed by atoms with van der Waals surface area (Å²) in [6.07, 6.45) is 1.81. The van der Waals surface area contributed by atoms with E-state index in [2.05, 4.69) is 51.7 Å². The average molecular weight is 410 g/mol. The summed E-state index contributed by atoms with van der Waals surface area (Å²) < 4.78 is 25.0. The Hall–Kier alpha value is -1.64. The molecule has 1 aliphatic heterocycles. The van der Waals surface area contributed by atoms with Crippen molar-refractivity contribution in [3.05, 3.63) is 35.9 Å². The van der Waals surface area contributed by atoms with Crippen molar-refractivity contribution in [3.63, 3.8) is 0 Å². The fourth-order valence-corrected chi connectivity index (χ4v) is 4.35. The van der Waals surface area contributed by atoms with Crippen LogP contribution in [0.4, 0.5) is 0 Å². The molecule has 1 aromatic carbocycles. The van der Waals surface area contributed by atoms with Crippen molar-refractivity contribution >= 4 is 16.0 Å². The molecule has 1 heterocycles. The Kier molecular flexibility index (Phi) is 8.72. The van der Waals surface area contributed by atoms with Crippen LogP contribution in [0.2, 0.25) is 0 Å². The van der Waals surface area contributed by atoms with Gasteiger partial charge in [-0.25, -0.2) is 12.7 Å². The summed E-state index contributed by atoms with van der Waals surface area (Å²) in [5.74, 6) is 0.916. The zero-order chi connectivity index (χ0) is 20.6. The molecule has 28 heavy (non-hydrogen) atoms. The topological polar surface area (TPSA) is 77.0 Å². The van der Waals surface area contributed by atoms with Gasteiger partial charge in [0.05, 0.1) is 5.75 Å². The second kappa shape index (κ2) is 10.8. The first kappa shape index (κ1) is 22.6. The molecule has 2 rings (SSSR count). The number of hydrogen-bond donors (Lipinski definition) is 2. The summed E-state index contributed by atoms with van der Waals surface area (Å²) >= 11 is 0. The Morgan fingerprint density at radius 3 is 2.68 bits per heavy atom. The Labute approximate surface area is 170 Å². The fraction of sp³-hybridized carbons (Fsp3) is 0.650. The lowest BCUT2D eigenvalue weighted by Gasteiger charge is -2.21. The summed E-state index contributed by atoms with van der Waals surface area (Å²) in [4.78, 5) is 6.80. The first-order valence-corrected chi connectivity index (χ1v) is 11.7. The maximum atomic E-state index is 11.8. The summed E-state index contributed by atoms with van der Waals surface area (Å²) in [6.45, 7) is 7.06. The van der Waals surface area contributed by atoms with Gasteiger partial charge in [0.1, 0.15) is 0 Å². The van der Waals surface area contributed by atoms with E-state index in [1.807, 2.05) is 6.07 Å². The van der Waals surface area contributed by atoms with Crippen LogP contribution in [0.15, 0.2) is 35.3 Å². The van der Waals surface area contributed by atoms with Gasteiger partial charge in [-0.15, -0.1) is 0 Å². The lowest BCUT2D eigenvalue weighted by Crippen LogP contribution is -2.45. The van der Waals surface area contributed by atoms with E-state index < -0.39 is 10.0 Å². The number of benzene rings is 1. The van der Waals surface area contributed by atoms with Crippen molar-refractivity contribution in [2.45, 2.75) is 45.3 Å². The molecular weight excluding hydrogens is 374 g/mol. The van der Waals surface area contributed by atoms with E-state index in [0.29, 0.717) is 25.2 Å². The highest BCUT2D eigenvalue weighted by molar-refractivity contribution is 7.89. The lowest BCUT2D eigenvalue weighted by atomic mass is 10.2. The lowest BCUT2D eigenvalue weighted by molar-refractivity contribution is 0.258. The summed E-state index contributed by atoms with van der Waals surface area (Å²) in [7, 11) is 0.292. The summed E-state index contributed by atoms with van der Waals surface area (Å²) in [5.41, 5.74) is 1.34. The van der Waals surface area contributed by atoms with E-state index in [1.54, 1.807) is 21.0 Å². The predicted octanol–water partition coefficient (Wildman–Crippen LogP) is 1.49. The number of rotatable bonds is 9. The largest absolute Gasteiger partial charge is 0.356 e. The number of hydrogen-bond acceptors (Lipinski definition) is 4. The minimum absolute atomic E-state index is 0.138. The van der Waals surface area contributed by atoms with Gasteiger partial charge in [0.2, 0.25) is 10.0 Å². The molecule has 1 fully saturated rings. The van der Waals surface area contributed by atoms with Crippen molar-refractivity contribution in [1.29, 1.82) is 0 Å². The summed E-state index contributed by atoms with van der Waals surface area (Å²) in [5, 5.41) is 6.81. The Bertz CT molecular complexity index is 723. The molecule has 0 aliphatic carbocycles. The highest BCUT2D eigenvalue weighted by atomic mass is 32.2. The number of guanidine groups is 1. The number of likely N-dealkylation sites (tertiary alicyclic amines) is 1. The SMILES string of the molecule is CCS(=O)(=O)N(C)CCCNC(=NC)NC1CC(C)N(Cc2ccccc2)C1. The van der Waals surface area contributed by atoms with Crippen molar-refractivity contribution in [1.82, 2.24) is 19.8 Å². The van der Waals surface area contributed by atoms with Crippen molar-refractivity contribution in [2.24, 2.45) is 4.99 Å². The van der Waals surface area contributed by atoms with Gasteiger partial charge in [-0.2, -0.15) is 0 Å². The van der Waals surface area contributed by atoms with Crippen LogP contribution < -0.4 is 10.6 Å². The fourth-order valence-electron chi connectivity index (χ4n) is 3.50. The Balaban J connectivity index is 1.74. The molecule has 0 saturated carbocycles. The molecule has 0 radical (unpaired) electrons. The molecule has 0 bridgehead atoms. The average Bonchev–Trinajstić information content (AvgIpc) is 3.03. The molecule has 2 atom stereocenters. The van der Waals surface area contributed by atoms with Crippen LogP contribution in [0.25, 0.3) is 0 Å². The van der Waals surface area contributed by atoms with Gasteiger partial charge >= 0.3 is 0 Å². The molecule has 1 aliphatic rings. The quantitative estimate of drug-likeness (QED) is 0.367. The van der Waals surface area contributed by atoms with Gasteiger partial charge in [-0.05, 0) is 32.3 Å². The van der Waals surface area contributed by atoms with Crippen molar-refractivity contribution in [3.8, 4) is 0 Å². The van der Waals surface area contributed by atoms with Gasteiger partial charge in [-0.3, -0.25) is 9.89 Å². The third kappa shape index (κ3) is 6.76. The van der Waals surface area contributed by atoms with E-state index >= 15 is 0 Å². The number of aliphatic imine (C=N–C) groups is 1. The van der Waals surface area contributed by atoms with Gasteiger partial charge in [0.15, 0.2) is 5.96 Å². The first-order chi connectivity index (χ1) is 13.4. The molecule has 0 amide bonds. The van der Waals surface area contributed by atoms with E-state index in [1.165, 1.54) is 9.87 Å². The van der Waals surface area contributed by atoms with E-state index in [4.69, 9.17) is 0 Å². The molecule has 2 unspecified atom stereocenters. The number of nitrogens with zero attached hydrogens (tertiary/aromatic N) is 3. The van der Waals surface area contributed by atoms with Crippen LogP contribution in [0.1, 0.15) is 32.3 Å². The highest BCUT2D eigenvalue weighted by Crippen LogP contribution is 2.20. The Morgan fingerprint density at radius 1 is 1.32 bits per heavy atom. The predicted molar refractivity (Wildman–Crippen MR) is 116 cm³/mol. The molecular formula is C20H35N5O2S. The number of sulfonamides is 1. The van der Waals surface area contributed by atoms with Crippen LogP contribution >= 0.6 is 0 Å².